The molecule has 3 atom stereocenters. The Hall–Kier alpha value is -4.38. The molecule has 2 amide bonds. The van der Waals surface area contributed by atoms with Crippen LogP contribution in [0.25, 0.3) is 0 Å². The molecule has 0 spiro atoms. The molecule has 0 bridgehead atoms. The number of benzene rings is 2. The van der Waals surface area contributed by atoms with Gasteiger partial charge in [-0.05, 0) is 69.0 Å². The Kier molecular flexibility index (Phi) is 7.51. The molecule has 3 aromatic rings. The van der Waals surface area contributed by atoms with Crippen molar-refractivity contribution in [1.29, 1.82) is 0 Å². The molecule has 2 fully saturated rings. The van der Waals surface area contributed by atoms with Crippen molar-refractivity contribution in [2.75, 3.05) is 13.1 Å². The Morgan fingerprint density at radius 1 is 0.974 bits per heavy atom. The lowest BCUT2D eigenvalue weighted by atomic mass is 9.78. The van der Waals surface area contributed by atoms with Crippen LogP contribution in [0.5, 0.6) is 0 Å². The molecule has 0 radical (unpaired) electrons. The van der Waals surface area contributed by atoms with Gasteiger partial charge in [0.1, 0.15) is 5.69 Å². The quantitative estimate of drug-likeness (QED) is 0.486. The first-order chi connectivity index (χ1) is 18.8. The summed E-state index contributed by atoms with van der Waals surface area (Å²) in [5.41, 5.74) is 2.51. The number of hydrogen-bond acceptors (Lipinski definition) is 4. The van der Waals surface area contributed by atoms with Gasteiger partial charge in [-0.2, -0.15) is 5.10 Å². The van der Waals surface area contributed by atoms with Gasteiger partial charge < -0.3 is 15.3 Å². The van der Waals surface area contributed by atoms with Crippen LogP contribution >= 0.6 is 0 Å². The summed E-state index contributed by atoms with van der Waals surface area (Å²) in [5.74, 6) is 5.19. The van der Waals surface area contributed by atoms with Crippen molar-refractivity contribution in [2.24, 2.45) is 11.8 Å². The first kappa shape index (κ1) is 26.2. The topological polar surface area (TPSA) is 105 Å². The Morgan fingerprint density at radius 2 is 1.67 bits per heavy atom. The molecule has 8 nitrogen and oxygen atoms in total. The molecule has 200 valence electrons. The van der Waals surface area contributed by atoms with E-state index in [1.54, 1.807) is 17.0 Å². The number of likely N-dealkylation sites (tertiary alicyclic amines) is 1. The number of carbonyl (C=O) groups excluding carboxylic acids is 2. The number of rotatable bonds is 5. The number of aromatic carboxylic acids is 1. The number of amides is 2. The van der Waals surface area contributed by atoms with E-state index in [2.05, 4.69) is 22.3 Å². The van der Waals surface area contributed by atoms with Crippen LogP contribution in [0.15, 0.2) is 60.7 Å². The maximum Gasteiger partial charge on any atom is 0.354 e. The van der Waals surface area contributed by atoms with Crippen LogP contribution in [-0.4, -0.2) is 56.7 Å². The Balaban J connectivity index is 1.24. The summed E-state index contributed by atoms with van der Waals surface area (Å²) in [6.07, 6.45) is 2.84. The van der Waals surface area contributed by atoms with Crippen LogP contribution in [0, 0.1) is 23.7 Å². The van der Waals surface area contributed by atoms with E-state index >= 15 is 0 Å². The molecular weight excluding hydrogens is 492 g/mol. The van der Waals surface area contributed by atoms with Crippen molar-refractivity contribution in [3.05, 3.63) is 88.7 Å². The zero-order valence-corrected chi connectivity index (χ0v) is 22.1. The molecular formula is C31H32N4O4. The van der Waals surface area contributed by atoms with Crippen molar-refractivity contribution in [2.45, 2.75) is 45.2 Å². The van der Waals surface area contributed by atoms with E-state index in [0.29, 0.717) is 18.7 Å². The van der Waals surface area contributed by atoms with Gasteiger partial charge in [-0.3, -0.25) is 14.3 Å². The molecule has 2 aromatic carbocycles. The number of carboxylic acids is 1. The van der Waals surface area contributed by atoms with E-state index in [1.165, 1.54) is 10.7 Å². The summed E-state index contributed by atoms with van der Waals surface area (Å²) in [4.78, 5) is 39.8. The van der Waals surface area contributed by atoms with Crippen LogP contribution in [0.3, 0.4) is 0 Å². The van der Waals surface area contributed by atoms with Gasteiger partial charge in [0.25, 0.3) is 11.8 Å². The Bertz CT molecular complexity index is 1430. The predicted molar refractivity (Wildman–Crippen MR) is 146 cm³/mol. The normalized spacial score (nSPS) is 20.2. The first-order valence-corrected chi connectivity index (χ1v) is 13.4. The predicted octanol–water partition coefficient (Wildman–Crippen LogP) is 4.23. The van der Waals surface area contributed by atoms with Gasteiger partial charge in [0, 0.05) is 53.8 Å². The van der Waals surface area contributed by atoms with Gasteiger partial charge in [0.2, 0.25) is 0 Å². The van der Waals surface area contributed by atoms with Gasteiger partial charge in [-0.1, -0.05) is 36.5 Å². The second kappa shape index (κ2) is 11.2. The van der Waals surface area contributed by atoms with Gasteiger partial charge >= 0.3 is 5.97 Å². The number of fused-ring (bicyclic) bond motifs is 1. The summed E-state index contributed by atoms with van der Waals surface area (Å²) in [6.45, 7) is 4.76. The highest BCUT2D eigenvalue weighted by Crippen LogP contribution is 2.37. The van der Waals surface area contributed by atoms with Crippen molar-refractivity contribution >= 4 is 17.8 Å². The van der Waals surface area contributed by atoms with Gasteiger partial charge in [-0.25, -0.2) is 4.79 Å². The number of hydrogen-bond donors (Lipinski definition) is 2. The van der Waals surface area contributed by atoms with E-state index in [0.717, 1.165) is 30.4 Å². The number of aromatic nitrogens is 2. The van der Waals surface area contributed by atoms with Crippen LogP contribution in [0.2, 0.25) is 0 Å². The fraction of sp³-hybridized carbons (Fsp3) is 0.355. The lowest BCUT2D eigenvalue weighted by Crippen LogP contribution is -2.45. The third-order valence-electron chi connectivity index (χ3n) is 7.64. The highest BCUT2D eigenvalue weighted by Gasteiger charge is 2.43. The van der Waals surface area contributed by atoms with Gasteiger partial charge in [0.15, 0.2) is 5.69 Å². The minimum absolute atomic E-state index is 0.00664. The smallest absolute Gasteiger partial charge is 0.354 e. The molecule has 39 heavy (non-hydrogen) atoms. The minimum atomic E-state index is -1.11. The second-order valence-corrected chi connectivity index (χ2v) is 10.6. The standard InChI is InChI=1S/C31H32N4O4/c1-20(2)35-28(31(38)39)17-27(33-35)30(37)34-18-24-9-6-10-26(25(24)19-34)32-29(36)23-15-13-22(14-16-23)12-11-21-7-4-3-5-8-21/h3-5,7-8,13-17,20,24-26H,6,9-10,18-19H2,1-2H3,(H,32,36)(H,38,39)/t24-,25+,26-/m1/s1. The first-order valence-electron chi connectivity index (χ1n) is 13.4. The number of nitrogens with one attached hydrogen (secondary N) is 1. The average Bonchev–Trinajstić information content (AvgIpc) is 3.59. The van der Waals surface area contributed by atoms with Gasteiger partial charge in [-0.15, -0.1) is 0 Å². The average molecular weight is 525 g/mol. The maximum atomic E-state index is 13.3. The number of nitrogens with zero attached hydrogens (tertiary/aromatic N) is 3. The number of carboxylic acid groups (broad SMARTS) is 1. The van der Waals surface area contributed by atoms with Crippen molar-refractivity contribution < 1.29 is 19.5 Å². The summed E-state index contributed by atoms with van der Waals surface area (Å²) >= 11 is 0. The second-order valence-electron chi connectivity index (χ2n) is 10.6. The lowest BCUT2D eigenvalue weighted by Gasteiger charge is -2.33. The molecule has 1 saturated heterocycles. The van der Waals surface area contributed by atoms with E-state index in [1.807, 2.05) is 56.3 Å². The molecule has 8 heteroatoms. The maximum absolute atomic E-state index is 13.3. The third-order valence-corrected chi connectivity index (χ3v) is 7.64. The zero-order chi connectivity index (χ0) is 27.5. The molecule has 1 aromatic heterocycles. The largest absolute Gasteiger partial charge is 0.477 e. The molecule has 5 rings (SSSR count). The van der Waals surface area contributed by atoms with Crippen LogP contribution in [0.1, 0.15) is 81.6 Å². The van der Waals surface area contributed by atoms with Crippen molar-refractivity contribution in [3.8, 4) is 11.8 Å². The summed E-state index contributed by atoms with van der Waals surface area (Å²) in [7, 11) is 0. The molecule has 2 heterocycles. The van der Waals surface area contributed by atoms with Crippen molar-refractivity contribution in [1.82, 2.24) is 20.0 Å². The van der Waals surface area contributed by atoms with E-state index < -0.39 is 5.97 Å². The summed E-state index contributed by atoms with van der Waals surface area (Å²) in [6, 6.07) is 18.2. The van der Waals surface area contributed by atoms with E-state index in [-0.39, 0.29) is 47.1 Å². The fourth-order valence-electron chi connectivity index (χ4n) is 5.65. The van der Waals surface area contributed by atoms with E-state index in [9.17, 15) is 19.5 Å². The Labute approximate surface area is 228 Å². The van der Waals surface area contributed by atoms with Crippen LogP contribution in [0.4, 0.5) is 0 Å². The van der Waals surface area contributed by atoms with E-state index in [4.69, 9.17) is 0 Å². The third kappa shape index (κ3) is 5.73. The molecule has 0 unspecified atom stereocenters. The van der Waals surface area contributed by atoms with Crippen molar-refractivity contribution in [3.63, 3.8) is 0 Å². The summed E-state index contributed by atoms with van der Waals surface area (Å²) < 4.78 is 1.38. The number of carbonyl (C=O) groups is 3. The van der Waals surface area contributed by atoms with Gasteiger partial charge in [0.05, 0.1) is 0 Å². The van der Waals surface area contributed by atoms with Crippen LogP contribution < -0.4 is 5.32 Å². The molecule has 1 aliphatic carbocycles. The highest BCUT2D eigenvalue weighted by molar-refractivity contribution is 5.96. The minimum Gasteiger partial charge on any atom is -0.477 e. The SMILES string of the molecule is CC(C)n1nc(C(=O)N2C[C@H]3CCC[C@@H](NC(=O)c4ccc(C#Cc5ccccc5)cc4)[C@H]3C2)cc1C(=O)O. The monoisotopic (exact) mass is 524 g/mol. The highest BCUT2D eigenvalue weighted by atomic mass is 16.4. The fourth-order valence-corrected chi connectivity index (χ4v) is 5.65. The molecule has 1 saturated carbocycles. The summed E-state index contributed by atoms with van der Waals surface area (Å²) in [5, 5.41) is 17.0. The van der Waals surface area contributed by atoms with Crippen LogP contribution in [-0.2, 0) is 0 Å². The lowest BCUT2D eigenvalue weighted by molar-refractivity contribution is 0.0680. The Morgan fingerprint density at radius 3 is 2.31 bits per heavy atom. The molecule has 1 aliphatic heterocycles. The molecule has 2 aliphatic rings. The molecule has 2 N–H and O–H groups in total. The zero-order valence-electron chi connectivity index (χ0n) is 22.1.